The third-order valence-corrected chi connectivity index (χ3v) is 11.6. The van der Waals surface area contributed by atoms with Crippen molar-refractivity contribution in [1.29, 1.82) is 0 Å². The Hall–Kier alpha value is -5.54. The van der Waals surface area contributed by atoms with E-state index >= 15 is 0 Å². The van der Waals surface area contributed by atoms with E-state index in [9.17, 15) is 47.9 Å². The van der Waals surface area contributed by atoms with Crippen LogP contribution in [0.1, 0.15) is 154 Å². The Bertz CT molecular complexity index is 1830. The highest BCUT2D eigenvalue weighted by molar-refractivity contribution is 5.98. The van der Waals surface area contributed by atoms with Gasteiger partial charge in [-0.3, -0.25) is 48.1 Å². The summed E-state index contributed by atoms with van der Waals surface area (Å²) in [6.45, 7) is 19.7. The highest BCUT2D eigenvalue weighted by atomic mass is 16.6. The lowest BCUT2D eigenvalue weighted by Gasteiger charge is -2.33. The minimum Gasteiger partial charge on any atom is -0.444 e. The van der Waals surface area contributed by atoms with Crippen molar-refractivity contribution in [3.63, 3.8) is 0 Å². The predicted molar refractivity (Wildman–Crippen MR) is 269 cm³/mol. The zero-order valence-corrected chi connectivity index (χ0v) is 45.2. The lowest BCUT2D eigenvalue weighted by atomic mass is 9.97. The van der Waals surface area contributed by atoms with Crippen LogP contribution in [0.15, 0.2) is 0 Å². The smallest absolute Gasteiger partial charge is 0.410 e. The van der Waals surface area contributed by atoms with E-state index in [0.717, 1.165) is 51.5 Å². The van der Waals surface area contributed by atoms with Gasteiger partial charge in [0.2, 0.25) is 53.2 Å². The Balaban J connectivity index is 2.73. The highest BCUT2D eigenvalue weighted by Gasteiger charge is 2.39. The quantitative estimate of drug-likeness (QED) is 0.0460. The molecule has 3 unspecified atom stereocenters. The molecule has 0 aromatic rings. The molecule has 10 amide bonds. The van der Waals surface area contributed by atoms with Crippen molar-refractivity contribution < 1.29 is 52.7 Å². The van der Waals surface area contributed by atoms with Crippen LogP contribution in [0.4, 0.5) is 4.79 Å². The van der Waals surface area contributed by atoms with Crippen LogP contribution in [0.5, 0.6) is 0 Å². The molecule has 0 bridgehead atoms. The maximum absolute atomic E-state index is 13.6. The van der Waals surface area contributed by atoms with Gasteiger partial charge in [0, 0.05) is 33.1 Å². The van der Waals surface area contributed by atoms with Gasteiger partial charge in [0.1, 0.15) is 34.3 Å². The number of hydrogen-bond acceptors (Lipinski definition) is 12. The Labute approximate surface area is 421 Å². The molecule has 0 radical (unpaired) electrons. The van der Waals surface area contributed by atoms with Crippen LogP contribution in [0.25, 0.3) is 0 Å². The summed E-state index contributed by atoms with van der Waals surface area (Å²) in [6, 6.07) is -2.29. The number of nitrogens with zero attached hydrogens (tertiary/aromatic N) is 2. The van der Waals surface area contributed by atoms with Gasteiger partial charge in [0.05, 0.1) is 19.1 Å². The summed E-state index contributed by atoms with van der Waals surface area (Å²) >= 11 is 0. The molecule has 0 aromatic heterocycles. The molecule has 1 aliphatic heterocycles. The Morgan fingerprint density at radius 3 is 1.80 bits per heavy atom. The van der Waals surface area contributed by atoms with Crippen molar-refractivity contribution in [2.45, 2.75) is 194 Å². The molecule has 1 aliphatic rings. The van der Waals surface area contributed by atoms with Crippen LogP contribution >= 0.6 is 0 Å². The van der Waals surface area contributed by atoms with Gasteiger partial charge >= 0.3 is 6.09 Å². The monoisotopic (exact) mass is 1010 g/mol. The minimum atomic E-state index is -1.58. The summed E-state index contributed by atoms with van der Waals surface area (Å²) in [4.78, 5) is 134. The number of nitrogens with one attached hydrogen (secondary N) is 9. The Morgan fingerprint density at radius 2 is 1.21 bits per heavy atom. The van der Waals surface area contributed by atoms with Gasteiger partial charge < -0.3 is 57.5 Å². The fraction of sp³-hybridized carbons (Fsp3) is 0.796. The van der Waals surface area contributed by atoms with E-state index in [2.05, 4.69) is 54.8 Å². The van der Waals surface area contributed by atoms with E-state index in [4.69, 9.17) is 4.74 Å². The summed E-state index contributed by atoms with van der Waals surface area (Å²) in [7, 11) is 3.42. The third-order valence-electron chi connectivity index (χ3n) is 11.6. The van der Waals surface area contributed by atoms with E-state index in [1.807, 2.05) is 25.8 Å². The van der Waals surface area contributed by atoms with Gasteiger partial charge in [0.15, 0.2) is 0 Å². The maximum Gasteiger partial charge on any atom is 0.410 e. The average molecular weight is 1010 g/mol. The maximum atomic E-state index is 13.6. The molecular formula is C49H89N11O11. The number of carbonyl (C=O) groups excluding carboxylic acids is 10. The van der Waals surface area contributed by atoms with Crippen LogP contribution in [0.3, 0.4) is 0 Å². The van der Waals surface area contributed by atoms with Crippen molar-refractivity contribution in [1.82, 2.24) is 57.7 Å². The molecule has 0 aromatic carbocycles. The average Bonchev–Trinajstić information content (AvgIpc) is 3.69. The highest BCUT2D eigenvalue weighted by Crippen LogP contribution is 2.17. The van der Waals surface area contributed by atoms with Crippen molar-refractivity contribution >= 4 is 59.3 Å². The van der Waals surface area contributed by atoms with E-state index in [-0.39, 0.29) is 56.3 Å². The van der Waals surface area contributed by atoms with Crippen LogP contribution < -0.4 is 47.9 Å². The zero-order chi connectivity index (χ0) is 54.3. The van der Waals surface area contributed by atoms with Crippen LogP contribution in [-0.2, 0) is 47.9 Å². The number of hydrogen-bond donors (Lipinski definition) is 9. The van der Waals surface area contributed by atoms with E-state index in [0.29, 0.717) is 12.8 Å². The molecule has 71 heavy (non-hydrogen) atoms. The molecule has 9 N–H and O–H groups in total. The SMILES string of the molecule is CCCCCCCCC(NC(=O)C1CCCN1C)C(=O)NCC(=O)NC(C)(C)C(=O)NCC(=O)NC(CC(C)C)C(=O)NC(C)(C)C(=O)NC(C)(C)C(=O)NCCC(=O)NCCN(C)C(=O)OC(C)(C)C. The molecule has 0 saturated carbocycles. The third kappa shape index (κ3) is 24.9. The van der Waals surface area contributed by atoms with E-state index in [1.54, 1.807) is 27.8 Å². The first-order chi connectivity index (χ1) is 32.8. The first-order valence-electron chi connectivity index (χ1n) is 25.1. The van der Waals surface area contributed by atoms with Crippen LogP contribution in [-0.4, -0.2) is 163 Å². The largest absolute Gasteiger partial charge is 0.444 e. The van der Waals surface area contributed by atoms with Crippen LogP contribution in [0.2, 0.25) is 0 Å². The van der Waals surface area contributed by atoms with Crippen molar-refractivity contribution in [2.75, 3.05) is 53.4 Å². The molecule has 22 heteroatoms. The second kappa shape index (κ2) is 29.7. The summed E-state index contributed by atoms with van der Waals surface area (Å²) in [5, 5.41) is 23.7. The lowest BCUT2D eigenvalue weighted by molar-refractivity contribution is -0.138. The molecule has 22 nitrogen and oxygen atoms in total. The first kappa shape index (κ1) is 63.5. The Kier molecular flexibility index (Phi) is 26.6. The number of carbonyl (C=O) groups is 10. The van der Waals surface area contributed by atoms with Crippen molar-refractivity contribution in [2.24, 2.45) is 5.92 Å². The molecule has 1 fully saturated rings. The summed E-state index contributed by atoms with van der Waals surface area (Å²) in [5.74, 6) is -5.32. The molecular weight excluding hydrogens is 919 g/mol. The van der Waals surface area contributed by atoms with Gasteiger partial charge in [-0.2, -0.15) is 0 Å². The normalized spacial score (nSPS) is 15.1. The molecule has 1 saturated heterocycles. The summed E-state index contributed by atoms with van der Waals surface area (Å²) in [5.41, 5.74) is -5.24. The summed E-state index contributed by atoms with van der Waals surface area (Å²) < 4.78 is 5.28. The predicted octanol–water partition coefficient (Wildman–Crippen LogP) is 1.25. The zero-order valence-electron chi connectivity index (χ0n) is 45.2. The van der Waals surface area contributed by atoms with Gasteiger partial charge in [-0.15, -0.1) is 0 Å². The number of unbranched alkanes of at least 4 members (excludes halogenated alkanes) is 5. The fourth-order valence-corrected chi connectivity index (χ4v) is 7.32. The first-order valence-corrected chi connectivity index (χ1v) is 25.1. The number of rotatable bonds is 30. The molecule has 0 spiro atoms. The van der Waals surface area contributed by atoms with Gasteiger partial charge in [-0.05, 0) is 108 Å². The topological polar surface area (TPSA) is 295 Å². The molecule has 1 rings (SSSR count). The van der Waals surface area contributed by atoms with E-state index in [1.165, 1.54) is 46.4 Å². The standard InChI is InChI=1S/C49H89N11O11/c1-15-16-17-18-19-20-22-33(55-41(66)35-23-21-27-59(35)13)39(64)52-31-38(63)56-47(7,8)43(68)53-30-37(62)54-34(29-32(2)3)40(65)57-49(11,12)44(69)58-48(9,10)42(67)51-25-24-36(61)50-26-28-60(14)45(70)71-46(4,5)6/h32-35H,15-31H2,1-14H3,(H,50,61)(H,51,67)(H,52,64)(H,53,68)(H,54,62)(H,55,66)(H,56,63)(H,57,65)(H,58,69). The lowest BCUT2D eigenvalue weighted by Crippen LogP contribution is -2.64. The van der Waals surface area contributed by atoms with Crippen LogP contribution in [0, 0.1) is 5.92 Å². The second-order valence-electron chi connectivity index (χ2n) is 21.5. The summed E-state index contributed by atoms with van der Waals surface area (Å²) in [6.07, 6.45) is 7.55. The van der Waals surface area contributed by atoms with Gasteiger partial charge in [0.25, 0.3) is 0 Å². The van der Waals surface area contributed by atoms with Crippen molar-refractivity contribution in [3.8, 4) is 0 Å². The number of amides is 10. The van der Waals surface area contributed by atoms with Gasteiger partial charge in [-0.25, -0.2) is 4.79 Å². The number of likely N-dealkylation sites (N-methyl/N-ethyl adjacent to an activating group) is 2. The fourth-order valence-electron chi connectivity index (χ4n) is 7.32. The van der Waals surface area contributed by atoms with Crippen molar-refractivity contribution in [3.05, 3.63) is 0 Å². The van der Waals surface area contributed by atoms with Gasteiger partial charge in [-0.1, -0.05) is 59.3 Å². The second-order valence-corrected chi connectivity index (χ2v) is 21.5. The number of ether oxygens (including phenoxy) is 1. The molecule has 0 aliphatic carbocycles. The number of likely N-dealkylation sites (tertiary alicyclic amines) is 1. The minimum absolute atomic E-state index is 0.0453. The molecule has 1 heterocycles. The molecule has 406 valence electrons. The Morgan fingerprint density at radius 1 is 0.634 bits per heavy atom. The van der Waals surface area contributed by atoms with E-state index < -0.39 is 94.8 Å². The molecule has 3 atom stereocenters.